The summed E-state index contributed by atoms with van der Waals surface area (Å²) in [5, 5.41) is 4.63. The zero-order valence-electron chi connectivity index (χ0n) is 16.8. The number of hydrogen-bond acceptors (Lipinski definition) is 4. The molecule has 0 aliphatic carbocycles. The fourth-order valence-corrected chi connectivity index (χ4v) is 3.63. The van der Waals surface area contributed by atoms with Crippen LogP contribution in [0, 0.1) is 13.8 Å². The van der Waals surface area contributed by atoms with Gasteiger partial charge in [-0.15, -0.1) is 0 Å². The number of anilines is 1. The van der Waals surface area contributed by atoms with E-state index in [0.29, 0.717) is 5.56 Å². The number of nitrogens with zero attached hydrogens (tertiary/aromatic N) is 3. The molecule has 0 spiro atoms. The maximum atomic E-state index is 12.7. The highest BCUT2D eigenvalue weighted by Gasteiger charge is 2.13. The van der Waals surface area contributed by atoms with Crippen molar-refractivity contribution >= 4 is 17.5 Å². The number of ketones is 1. The fourth-order valence-electron chi connectivity index (χ4n) is 3.63. The highest BCUT2D eigenvalue weighted by Crippen LogP contribution is 2.20. The third-order valence-electron chi connectivity index (χ3n) is 5.28. The molecule has 0 bridgehead atoms. The van der Waals surface area contributed by atoms with Gasteiger partial charge in [0.25, 0.3) is 0 Å². The fraction of sp³-hybridized carbons (Fsp3) is 0.250. The van der Waals surface area contributed by atoms with Crippen LogP contribution < -0.4 is 4.90 Å². The monoisotopic (exact) mass is 387 g/mol. The minimum absolute atomic E-state index is 0.00945. The second-order valence-electron chi connectivity index (χ2n) is 7.18. The number of benzene rings is 2. The molecule has 4 rings (SSSR count). The first-order valence-corrected chi connectivity index (χ1v) is 9.90. The molecule has 0 unspecified atom stereocenters. The van der Waals surface area contributed by atoms with Crippen LogP contribution in [0.25, 0.3) is 11.8 Å². The summed E-state index contributed by atoms with van der Waals surface area (Å²) in [5.41, 5.74) is 5.72. The number of hydrogen-bond donors (Lipinski definition) is 0. The number of aryl methyl sites for hydroxylation is 1. The number of morpholine rings is 1. The van der Waals surface area contributed by atoms with E-state index in [-0.39, 0.29) is 5.78 Å². The van der Waals surface area contributed by atoms with E-state index < -0.39 is 0 Å². The average molecular weight is 387 g/mol. The van der Waals surface area contributed by atoms with Gasteiger partial charge in [-0.05, 0) is 62.4 Å². The lowest BCUT2D eigenvalue weighted by Gasteiger charge is -2.28. The van der Waals surface area contributed by atoms with Gasteiger partial charge in [0.2, 0.25) is 0 Å². The van der Waals surface area contributed by atoms with E-state index in [9.17, 15) is 4.79 Å². The molecule has 5 heteroatoms. The van der Waals surface area contributed by atoms with Crippen LogP contribution in [0.1, 0.15) is 27.3 Å². The summed E-state index contributed by atoms with van der Waals surface area (Å²) < 4.78 is 7.31. The van der Waals surface area contributed by atoms with Gasteiger partial charge in [0.05, 0.1) is 24.6 Å². The van der Waals surface area contributed by atoms with Crippen LogP contribution in [0.3, 0.4) is 0 Å². The van der Waals surface area contributed by atoms with Gasteiger partial charge < -0.3 is 9.64 Å². The van der Waals surface area contributed by atoms with Gasteiger partial charge in [-0.3, -0.25) is 4.79 Å². The van der Waals surface area contributed by atoms with Crippen molar-refractivity contribution < 1.29 is 9.53 Å². The number of rotatable bonds is 5. The first-order chi connectivity index (χ1) is 14.1. The van der Waals surface area contributed by atoms with E-state index in [0.717, 1.165) is 54.6 Å². The molecule has 5 nitrogen and oxygen atoms in total. The van der Waals surface area contributed by atoms with Crippen LogP contribution >= 0.6 is 0 Å². The molecule has 3 aromatic rings. The van der Waals surface area contributed by atoms with E-state index in [1.807, 2.05) is 79.2 Å². The summed E-state index contributed by atoms with van der Waals surface area (Å²) in [4.78, 5) is 14.9. The van der Waals surface area contributed by atoms with Crippen LogP contribution in [0.5, 0.6) is 0 Å². The van der Waals surface area contributed by atoms with Gasteiger partial charge in [-0.25, -0.2) is 4.68 Å². The molecule has 1 aliphatic heterocycles. The Hall–Kier alpha value is -3.18. The Balaban J connectivity index is 1.50. The molecule has 148 valence electrons. The molecule has 0 radical (unpaired) electrons. The Bertz CT molecular complexity index is 1010. The standard InChI is InChI=1S/C24H25N3O2/c1-18-23(19(2)27(25-18)22-6-4-3-5-7-22)12-13-24(28)20-8-10-21(11-9-20)26-14-16-29-17-15-26/h3-13H,14-17H2,1-2H3/b13-12+. The molecule has 0 N–H and O–H groups in total. The molecule has 0 amide bonds. The molecular formula is C24H25N3O2. The molecule has 1 fully saturated rings. The van der Waals surface area contributed by atoms with Gasteiger partial charge in [0.1, 0.15) is 0 Å². The molecule has 1 aromatic heterocycles. The molecule has 1 saturated heterocycles. The smallest absolute Gasteiger partial charge is 0.185 e. The minimum atomic E-state index is -0.00945. The highest BCUT2D eigenvalue weighted by molar-refractivity contribution is 6.07. The summed E-state index contributed by atoms with van der Waals surface area (Å²) in [7, 11) is 0. The third-order valence-corrected chi connectivity index (χ3v) is 5.28. The van der Waals surface area contributed by atoms with Crippen molar-refractivity contribution in [1.29, 1.82) is 0 Å². The van der Waals surface area contributed by atoms with Gasteiger partial charge >= 0.3 is 0 Å². The van der Waals surface area contributed by atoms with Gasteiger partial charge in [0, 0.05) is 35.6 Å². The quantitative estimate of drug-likeness (QED) is 0.486. The first-order valence-electron chi connectivity index (χ1n) is 9.90. The van der Waals surface area contributed by atoms with Crippen molar-refractivity contribution in [3.63, 3.8) is 0 Å². The van der Waals surface area contributed by atoms with Gasteiger partial charge in [0.15, 0.2) is 5.78 Å². The maximum Gasteiger partial charge on any atom is 0.185 e. The molecule has 2 heterocycles. The Morgan fingerprint density at radius 1 is 0.966 bits per heavy atom. The van der Waals surface area contributed by atoms with Crippen molar-refractivity contribution in [1.82, 2.24) is 9.78 Å². The Kier molecular flexibility index (Phi) is 5.58. The van der Waals surface area contributed by atoms with Crippen LogP contribution in [0.15, 0.2) is 60.7 Å². The SMILES string of the molecule is Cc1nn(-c2ccccc2)c(C)c1/C=C/C(=O)c1ccc(N2CCOCC2)cc1. The maximum absolute atomic E-state index is 12.7. The lowest BCUT2D eigenvalue weighted by atomic mass is 10.1. The zero-order chi connectivity index (χ0) is 20.2. The van der Waals surface area contributed by atoms with Gasteiger partial charge in [-0.2, -0.15) is 5.10 Å². The first kappa shape index (κ1) is 19.2. The summed E-state index contributed by atoms with van der Waals surface area (Å²) in [6, 6.07) is 17.8. The number of aromatic nitrogens is 2. The van der Waals surface area contributed by atoms with Crippen molar-refractivity contribution in [3.05, 3.63) is 83.2 Å². The normalized spacial score (nSPS) is 14.5. The highest BCUT2D eigenvalue weighted by atomic mass is 16.5. The molecule has 1 aliphatic rings. The Labute approximate surface area is 171 Å². The molecule has 2 aromatic carbocycles. The molecular weight excluding hydrogens is 362 g/mol. The van der Waals surface area contributed by atoms with E-state index in [1.54, 1.807) is 6.08 Å². The van der Waals surface area contributed by atoms with Crippen molar-refractivity contribution in [2.24, 2.45) is 0 Å². The predicted molar refractivity (Wildman–Crippen MR) is 116 cm³/mol. The lowest BCUT2D eigenvalue weighted by Crippen LogP contribution is -2.36. The zero-order valence-corrected chi connectivity index (χ0v) is 16.8. The number of carbonyl (C=O) groups excluding carboxylic acids is 1. The third kappa shape index (κ3) is 4.15. The van der Waals surface area contributed by atoms with E-state index in [1.165, 1.54) is 0 Å². The molecule has 0 saturated carbocycles. The predicted octanol–water partition coefficient (Wildman–Crippen LogP) is 4.22. The summed E-state index contributed by atoms with van der Waals surface area (Å²) in [6.07, 6.45) is 3.51. The molecule has 0 atom stereocenters. The minimum Gasteiger partial charge on any atom is -0.378 e. The number of ether oxygens (including phenoxy) is 1. The summed E-state index contributed by atoms with van der Waals surface area (Å²) >= 11 is 0. The van der Waals surface area contributed by atoms with Crippen LogP contribution in [-0.4, -0.2) is 41.9 Å². The second-order valence-corrected chi connectivity index (χ2v) is 7.18. The Morgan fingerprint density at radius 2 is 1.66 bits per heavy atom. The van der Waals surface area contributed by atoms with Crippen molar-refractivity contribution in [2.45, 2.75) is 13.8 Å². The van der Waals surface area contributed by atoms with Crippen molar-refractivity contribution in [3.8, 4) is 5.69 Å². The van der Waals surface area contributed by atoms with Crippen LogP contribution in [0.4, 0.5) is 5.69 Å². The largest absolute Gasteiger partial charge is 0.378 e. The van der Waals surface area contributed by atoms with E-state index >= 15 is 0 Å². The van der Waals surface area contributed by atoms with E-state index in [2.05, 4.69) is 10.00 Å². The molecule has 29 heavy (non-hydrogen) atoms. The Morgan fingerprint density at radius 3 is 2.34 bits per heavy atom. The van der Waals surface area contributed by atoms with Crippen LogP contribution in [0.2, 0.25) is 0 Å². The second kappa shape index (κ2) is 8.45. The number of carbonyl (C=O) groups is 1. The summed E-state index contributed by atoms with van der Waals surface area (Å²) in [6.45, 7) is 7.26. The average Bonchev–Trinajstić information content (AvgIpc) is 3.07. The van der Waals surface area contributed by atoms with Crippen LogP contribution in [-0.2, 0) is 4.74 Å². The number of allylic oxidation sites excluding steroid dienone is 1. The lowest BCUT2D eigenvalue weighted by molar-refractivity contribution is 0.104. The van der Waals surface area contributed by atoms with E-state index in [4.69, 9.17) is 4.74 Å². The van der Waals surface area contributed by atoms with Gasteiger partial charge in [-0.1, -0.05) is 18.2 Å². The van der Waals surface area contributed by atoms with Crippen molar-refractivity contribution in [2.75, 3.05) is 31.2 Å². The topological polar surface area (TPSA) is 47.4 Å². The summed E-state index contributed by atoms with van der Waals surface area (Å²) in [5.74, 6) is -0.00945. The number of para-hydroxylation sites is 1.